The van der Waals surface area contributed by atoms with Crippen molar-refractivity contribution in [2.45, 2.75) is 13.8 Å². The topological polar surface area (TPSA) is 43.4 Å². The van der Waals surface area contributed by atoms with Gasteiger partial charge in [-0.25, -0.2) is 0 Å². The van der Waals surface area contributed by atoms with E-state index in [0.29, 0.717) is 16.9 Å². The molecule has 0 saturated heterocycles. The average Bonchev–Trinajstić information content (AvgIpc) is 2.39. The first-order valence-corrected chi connectivity index (χ1v) is 5.97. The minimum absolute atomic E-state index is 0.0347. The number of ketones is 1. The molecule has 0 aromatic heterocycles. The first-order valence-electron chi connectivity index (χ1n) is 5.97. The van der Waals surface area contributed by atoms with Crippen molar-refractivity contribution in [3.05, 3.63) is 65.2 Å². The molecule has 0 amide bonds. The standard InChI is InChI=1S/C16H14O3/c1-11-5-3-4-6-15(11)16(18)13-7-9-14(10-8-13)19-12(2)17/h3-10H,1-2H3. The van der Waals surface area contributed by atoms with Crippen LogP contribution in [0.2, 0.25) is 0 Å². The fourth-order valence-electron chi connectivity index (χ4n) is 1.82. The Kier molecular flexibility index (Phi) is 3.76. The molecule has 0 heterocycles. The molecule has 0 spiro atoms. The van der Waals surface area contributed by atoms with Crippen LogP contribution >= 0.6 is 0 Å². The summed E-state index contributed by atoms with van der Waals surface area (Å²) in [4.78, 5) is 23.1. The van der Waals surface area contributed by atoms with Crippen molar-refractivity contribution < 1.29 is 14.3 Å². The summed E-state index contributed by atoms with van der Waals surface area (Å²) in [7, 11) is 0. The Labute approximate surface area is 111 Å². The third-order valence-corrected chi connectivity index (χ3v) is 2.77. The molecule has 0 unspecified atom stereocenters. The van der Waals surface area contributed by atoms with E-state index in [1.165, 1.54) is 6.92 Å². The van der Waals surface area contributed by atoms with Gasteiger partial charge >= 0.3 is 5.97 Å². The zero-order valence-electron chi connectivity index (χ0n) is 10.8. The van der Waals surface area contributed by atoms with Crippen LogP contribution in [0.1, 0.15) is 28.4 Å². The van der Waals surface area contributed by atoms with Gasteiger partial charge in [-0.2, -0.15) is 0 Å². The summed E-state index contributed by atoms with van der Waals surface area (Å²) in [6.07, 6.45) is 0. The maximum absolute atomic E-state index is 12.3. The Balaban J connectivity index is 2.25. The minimum Gasteiger partial charge on any atom is -0.427 e. The predicted octanol–water partition coefficient (Wildman–Crippen LogP) is 3.15. The van der Waals surface area contributed by atoms with E-state index in [2.05, 4.69) is 0 Å². The summed E-state index contributed by atoms with van der Waals surface area (Å²) < 4.78 is 4.93. The lowest BCUT2D eigenvalue weighted by Crippen LogP contribution is -2.04. The van der Waals surface area contributed by atoms with Gasteiger partial charge in [0, 0.05) is 18.1 Å². The molecule has 0 N–H and O–H groups in total. The van der Waals surface area contributed by atoms with Gasteiger partial charge in [0.2, 0.25) is 0 Å². The number of rotatable bonds is 3. The second kappa shape index (κ2) is 5.48. The van der Waals surface area contributed by atoms with Gasteiger partial charge in [0.15, 0.2) is 5.78 Å². The molecule has 0 saturated carbocycles. The lowest BCUT2D eigenvalue weighted by atomic mass is 9.99. The molecule has 0 bridgehead atoms. The van der Waals surface area contributed by atoms with E-state index in [1.807, 2.05) is 25.1 Å². The molecule has 2 rings (SSSR count). The van der Waals surface area contributed by atoms with Crippen molar-refractivity contribution >= 4 is 11.8 Å². The second-order valence-corrected chi connectivity index (χ2v) is 4.26. The quantitative estimate of drug-likeness (QED) is 0.480. The van der Waals surface area contributed by atoms with E-state index in [9.17, 15) is 9.59 Å². The molecule has 0 radical (unpaired) electrons. The van der Waals surface area contributed by atoms with Crippen LogP contribution in [0.4, 0.5) is 0 Å². The second-order valence-electron chi connectivity index (χ2n) is 4.26. The number of hydrogen-bond donors (Lipinski definition) is 0. The zero-order valence-corrected chi connectivity index (χ0v) is 10.8. The molecular weight excluding hydrogens is 240 g/mol. The Morgan fingerprint density at radius 3 is 2.16 bits per heavy atom. The number of aryl methyl sites for hydroxylation is 1. The molecule has 3 nitrogen and oxygen atoms in total. The van der Waals surface area contributed by atoms with Gasteiger partial charge in [0.25, 0.3) is 0 Å². The summed E-state index contributed by atoms with van der Waals surface area (Å²) in [5.41, 5.74) is 2.20. The molecule has 2 aromatic rings. The number of benzene rings is 2. The molecule has 2 aromatic carbocycles. The molecule has 3 heteroatoms. The maximum atomic E-state index is 12.3. The van der Waals surface area contributed by atoms with Gasteiger partial charge in [0.1, 0.15) is 5.75 Å². The van der Waals surface area contributed by atoms with Gasteiger partial charge in [-0.05, 0) is 36.8 Å². The summed E-state index contributed by atoms with van der Waals surface area (Å²) in [5, 5.41) is 0. The van der Waals surface area contributed by atoms with Crippen LogP contribution in [0.5, 0.6) is 5.75 Å². The third kappa shape index (κ3) is 3.07. The van der Waals surface area contributed by atoms with Crippen molar-refractivity contribution in [1.29, 1.82) is 0 Å². The number of ether oxygens (including phenoxy) is 1. The van der Waals surface area contributed by atoms with E-state index in [-0.39, 0.29) is 11.8 Å². The number of hydrogen-bond acceptors (Lipinski definition) is 3. The van der Waals surface area contributed by atoms with E-state index in [0.717, 1.165) is 5.56 Å². The summed E-state index contributed by atoms with van der Waals surface area (Å²) in [6.45, 7) is 3.24. The van der Waals surface area contributed by atoms with Gasteiger partial charge in [0.05, 0.1) is 0 Å². The van der Waals surface area contributed by atoms with Crippen molar-refractivity contribution in [3.63, 3.8) is 0 Å². The van der Waals surface area contributed by atoms with Gasteiger partial charge in [-0.3, -0.25) is 9.59 Å². The highest BCUT2D eigenvalue weighted by Crippen LogP contribution is 2.17. The number of carbonyl (C=O) groups is 2. The van der Waals surface area contributed by atoms with Crippen LogP contribution < -0.4 is 4.74 Å². The van der Waals surface area contributed by atoms with Gasteiger partial charge in [-0.1, -0.05) is 24.3 Å². The van der Waals surface area contributed by atoms with Crippen molar-refractivity contribution in [2.24, 2.45) is 0 Å². The molecule has 0 atom stereocenters. The average molecular weight is 254 g/mol. The van der Waals surface area contributed by atoms with E-state index < -0.39 is 0 Å². The molecule has 0 aliphatic rings. The maximum Gasteiger partial charge on any atom is 0.308 e. The van der Waals surface area contributed by atoms with Crippen LogP contribution in [-0.2, 0) is 4.79 Å². The van der Waals surface area contributed by atoms with E-state index >= 15 is 0 Å². The lowest BCUT2D eigenvalue weighted by molar-refractivity contribution is -0.131. The Morgan fingerprint density at radius 1 is 0.947 bits per heavy atom. The monoisotopic (exact) mass is 254 g/mol. The lowest BCUT2D eigenvalue weighted by Gasteiger charge is -2.06. The van der Waals surface area contributed by atoms with Crippen LogP contribution in [0.15, 0.2) is 48.5 Å². The highest BCUT2D eigenvalue weighted by Gasteiger charge is 2.11. The molecule has 0 aliphatic carbocycles. The number of carbonyl (C=O) groups excluding carboxylic acids is 2. The smallest absolute Gasteiger partial charge is 0.308 e. The van der Waals surface area contributed by atoms with E-state index in [1.54, 1.807) is 30.3 Å². The Bertz CT molecular complexity index is 612. The summed E-state index contributed by atoms with van der Waals surface area (Å²) >= 11 is 0. The highest BCUT2D eigenvalue weighted by atomic mass is 16.5. The molecule has 96 valence electrons. The normalized spacial score (nSPS) is 10.0. The molecule has 19 heavy (non-hydrogen) atoms. The highest BCUT2D eigenvalue weighted by molar-refractivity contribution is 6.09. The van der Waals surface area contributed by atoms with Crippen molar-refractivity contribution in [3.8, 4) is 5.75 Å². The fourth-order valence-corrected chi connectivity index (χ4v) is 1.82. The van der Waals surface area contributed by atoms with Gasteiger partial charge in [-0.15, -0.1) is 0 Å². The Morgan fingerprint density at radius 2 is 1.58 bits per heavy atom. The van der Waals surface area contributed by atoms with Gasteiger partial charge < -0.3 is 4.74 Å². The summed E-state index contributed by atoms with van der Waals surface area (Å²) in [5.74, 6) is 0.0271. The van der Waals surface area contributed by atoms with E-state index in [4.69, 9.17) is 4.74 Å². The first kappa shape index (κ1) is 13.0. The third-order valence-electron chi connectivity index (χ3n) is 2.77. The van der Waals surface area contributed by atoms with Crippen LogP contribution in [0.25, 0.3) is 0 Å². The molecule has 0 fully saturated rings. The first-order chi connectivity index (χ1) is 9.08. The SMILES string of the molecule is CC(=O)Oc1ccc(C(=O)c2ccccc2C)cc1. The largest absolute Gasteiger partial charge is 0.427 e. The fraction of sp³-hybridized carbons (Fsp3) is 0.125. The van der Waals surface area contributed by atoms with Crippen LogP contribution in [-0.4, -0.2) is 11.8 Å². The molecule has 0 aliphatic heterocycles. The minimum atomic E-state index is -0.377. The van der Waals surface area contributed by atoms with Crippen molar-refractivity contribution in [1.82, 2.24) is 0 Å². The Hall–Kier alpha value is -2.42. The van der Waals surface area contributed by atoms with Crippen LogP contribution in [0.3, 0.4) is 0 Å². The van der Waals surface area contributed by atoms with Crippen LogP contribution in [0, 0.1) is 6.92 Å². The zero-order chi connectivity index (χ0) is 13.8. The predicted molar refractivity (Wildman–Crippen MR) is 72.4 cm³/mol. The van der Waals surface area contributed by atoms with Crippen molar-refractivity contribution in [2.75, 3.05) is 0 Å². The molecular formula is C16H14O3. The summed E-state index contributed by atoms with van der Waals surface area (Å²) in [6, 6.07) is 14.0. The number of esters is 1.